The first kappa shape index (κ1) is 10.3. The maximum absolute atomic E-state index is 13.4. The molecule has 82 valence electrons. The number of aromatic nitrogens is 2. The summed E-state index contributed by atoms with van der Waals surface area (Å²) >= 11 is 0. The van der Waals surface area contributed by atoms with Gasteiger partial charge in [-0.15, -0.1) is 0 Å². The van der Waals surface area contributed by atoms with Crippen LogP contribution < -0.4 is 4.90 Å². The topological polar surface area (TPSA) is 38.2 Å². The smallest absolute Gasteiger partial charge is 0.225 e. The van der Waals surface area contributed by atoms with Crippen LogP contribution in [0.15, 0.2) is 12.3 Å². The van der Waals surface area contributed by atoms with E-state index in [2.05, 4.69) is 9.97 Å². The molecule has 0 aliphatic carbocycles. The minimum absolute atomic E-state index is 0.167. The number of anilines is 1. The van der Waals surface area contributed by atoms with Crippen LogP contribution in [-0.2, 0) is 4.74 Å². The third-order valence-corrected chi connectivity index (χ3v) is 2.58. The Hall–Kier alpha value is -1.23. The van der Waals surface area contributed by atoms with E-state index < -0.39 is 6.17 Å². The molecule has 1 aromatic heterocycles. The first-order valence-corrected chi connectivity index (χ1v) is 4.93. The van der Waals surface area contributed by atoms with Gasteiger partial charge in [0.15, 0.2) is 0 Å². The number of alkyl halides is 1. The van der Waals surface area contributed by atoms with Gasteiger partial charge >= 0.3 is 0 Å². The second-order valence-electron chi connectivity index (χ2n) is 3.73. The van der Waals surface area contributed by atoms with E-state index >= 15 is 0 Å². The number of halogens is 1. The molecule has 2 rings (SSSR count). The van der Waals surface area contributed by atoms with Crippen molar-refractivity contribution in [2.75, 3.05) is 25.2 Å². The number of hydrogen-bond acceptors (Lipinski definition) is 4. The van der Waals surface area contributed by atoms with Crippen LogP contribution in [0.3, 0.4) is 0 Å². The molecule has 0 aromatic carbocycles. The fourth-order valence-electron chi connectivity index (χ4n) is 1.63. The van der Waals surface area contributed by atoms with Gasteiger partial charge in [0, 0.05) is 18.9 Å². The van der Waals surface area contributed by atoms with E-state index in [4.69, 9.17) is 4.74 Å². The third kappa shape index (κ3) is 2.07. The van der Waals surface area contributed by atoms with Crippen LogP contribution in [0.25, 0.3) is 0 Å². The van der Waals surface area contributed by atoms with Gasteiger partial charge in [-0.2, -0.15) is 0 Å². The van der Waals surface area contributed by atoms with E-state index in [1.54, 1.807) is 18.1 Å². The van der Waals surface area contributed by atoms with E-state index in [1.807, 2.05) is 13.0 Å². The fraction of sp³-hybridized carbons (Fsp3) is 0.600. The van der Waals surface area contributed by atoms with Gasteiger partial charge in [0.2, 0.25) is 5.95 Å². The predicted octanol–water partition coefficient (Wildman–Crippen LogP) is 0.958. The Morgan fingerprint density at radius 2 is 2.33 bits per heavy atom. The summed E-state index contributed by atoms with van der Waals surface area (Å²) in [5, 5.41) is 0. The normalized spacial score (nSPS) is 25.5. The van der Waals surface area contributed by atoms with E-state index in [0.29, 0.717) is 12.6 Å². The summed E-state index contributed by atoms with van der Waals surface area (Å²) in [6, 6.07) is 1.54. The molecular weight excluding hydrogens is 197 g/mol. The molecule has 1 fully saturated rings. The van der Waals surface area contributed by atoms with Gasteiger partial charge in [0.25, 0.3) is 0 Å². The molecule has 1 aromatic rings. The van der Waals surface area contributed by atoms with Gasteiger partial charge in [-0.25, -0.2) is 14.4 Å². The summed E-state index contributed by atoms with van der Waals surface area (Å²) < 4.78 is 18.5. The Morgan fingerprint density at radius 3 is 2.93 bits per heavy atom. The van der Waals surface area contributed by atoms with Crippen LogP contribution in [0, 0.1) is 6.92 Å². The van der Waals surface area contributed by atoms with Crippen molar-refractivity contribution >= 4 is 5.95 Å². The molecule has 0 N–H and O–H groups in total. The van der Waals surface area contributed by atoms with E-state index in [9.17, 15) is 4.39 Å². The highest BCUT2D eigenvalue weighted by molar-refractivity contribution is 5.31. The summed E-state index contributed by atoms with van der Waals surface area (Å²) in [7, 11) is 1.79. The fourth-order valence-corrected chi connectivity index (χ4v) is 1.63. The predicted molar refractivity (Wildman–Crippen MR) is 54.7 cm³/mol. The summed E-state index contributed by atoms with van der Waals surface area (Å²) in [6.45, 7) is 2.45. The second-order valence-corrected chi connectivity index (χ2v) is 3.73. The van der Waals surface area contributed by atoms with Crippen LogP contribution in [-0.4, -0.2) is 42.4 Å². The number of hydrogen-bond donors (Lipinski definition) is 0. The lowest BCUT2D eigenvalue weighted by Gasteiger charge is -2.24. The third-order valence-electron chi connectivity index (χ3n) is 2.58. The second kappa shape index (κ2) is 4.10. The molecule has 1 aliphatic rings. The first-order chi connectivity index (χ1) is 7.18. The molecule has 2 atom stereocenters. The first-order valence-electron chi connectivity index (χ1n) is 4.93. The zero-order valence-corrected chi connectivity index (χ0v) is 8.85. The minimum atomic E-state index is -0.959. The van der Waals surface area contributed by atoms with Crippen molar-refractivity contribution in [3.05, 3.63) is 18.0 Å². The highest BCUT2D eigenvalue weighted by Crippen LogP contribution is 2.18. The van der Waals surface area contributed by atoms with Crippen LogP contribution in [0.2, 0.25) is 0 Å². The molecule has 0 saturated carbocycles. The number of likely N-dealkylation sites (N-methyl/N-ethyl adjacent to an activating group) is 1. The Bertz CT molecular complexity index is 347. The Kier molecular flexibility index (Phi) is 2.81. The Morgan fingerprint density at radius 1 is 1.53 bits per heavy atom. The van der Waals surface area contributed by atoms with Crippen molar-refractivity contribution in [1.82, 2.24) is 9.97 Å². The van der Waals surface area contributed by atoms with E-state index in [1.165, 1.54) is 0 Å². The average molecular weight is 211 g/mol. The number of nitrogens with zero attached hydrogens (tertiary/aromatic N) is 3. The molecule has 5 heteroatoms. The largest absolute Gasteiger partial charge is 0.376 e. The van der Waals surface area contributed by atoms with Gasteiger partial charge in [-0.1, -0.05) is 0 Å². The molecular formula is C10H14FN3O. The molecule has 0 spiro atoms. The molecule has 1 saturated heterocycles. The number of aryl methyl sites for hydroxylation is 1. The SMILES string of the molecule is Cc1ccnc(N(C)C2COCC2F)n1. The van der Waals surface area contributed by atoms with Gasteiger partial charge in [0.1, 0.15) is 6.17 Å². The van der Waals surface area contributed by atoms with Crippen molar-refractivity contribution in [3.8, 4) is 0 Å². The summed E-state index contributed by atoms with van der Waals surface area (Å²) in [6.07, 6.45) is 0.719. The quantitative estimate of drug-likeness (QED) is 0.730. The summed E-state index contributed by atoms with van der Waals surface area (Å²) in [4.78, 5) is 10.1. The van der Waals surface area contributed by atoms with Crippen molar-refractivity contribution in [1.29, 1.82) is 0 Å². The van der Waals surface area contributed by atoms with Gasteiger partial charge in [0.05, 0.1) is 19.3 Å². The van der Waals surface area contributed by atoms with E-state index in [0.717, 1.165) is 5.69 Å². The molecule has 0 bridgehead atoms. The van der Waals surface area contributed by atoms with Gasteiger partial charge in [-0.3, -0.25) is 0 Å². The molecule has 15 heavy (non-hydrogen) atoms. The van der Waals surface area contributed by atoms with Gasteiger partial charge in [-0.05, 0) is 13.0 Å². The Balaban J connectivity index is 2.16. The Labute approximate surface area is 88.1 Å². The zero-order chi connectivity index (χ0) is 10.8. The summed E-state index contributed by atoms with van der Waals surface area (Å²) in [5.41, 5.74) is 0.876. The maximum Gasteiger partial charge on any atom is 0.225 e. The van der Waals surface area contributed by atoms with Crippen molar-refractivity contribution in [2.24, 2.45) is 0 Å². The van der Waals surface area contributed by atoms with Crippen LogP contribution >= 0.6 is 0 Å². The molecule has 0 radical (unpaired) electrons. The molecule has 2 heterocycles. The standard InChI is InChI=1S/C10H14FN3O/c1-7-3-4-12-10(13-7)14(2)9-6-15-5-8(9)11/h3-4,8-9H,5-6H2,1-2H3. The van der Waals surface area contributed by atoms with Crippen molar-refractivity contribution in [2.45, 2.75) is 19.1 Å². The van der Waals surface area contributed by atoms with Crippen LogP contribution in [0.4, 0.5) is 10.3 Å². The lowest BCUT2D eigenvalue weighted by molar-refractivity contribution is 0.173. The lowest BCUT2D eigenvalue weighted by Crippen LogP contribution is -2.39. The monoisotopic (exact) mass is 211 g/mol. The molecule has 1 aliphatic heterocycles. The average Bonchev–Trinajstić information content (AvgIpc) is 2.63. The highest BCUT2D eigenvalue weighted by Gasteiger charge is 2.32. The van der Waals surface area contributed by atoms with Crippen molar-refractivity contribution in [3.63, 3.8) is 0 Å². The summed E-state index contributed by atoms with van der Waals surface area (Å²) in [5.74, 6) is 0.549. The number of ether oxygens (including phenoxy) is 1. The maximum atomic E-state index is 13.4. The molecule has 0 amide bonds. The molecule has 4 nitrogen and oxygen atoms in total. The number of rotatable bonds is 2. The van der Waals surface area contributed by atoms with Crippen LogP contribution in [0.5, 0.6) is 0 Å². The van der Waals surface area contributed by atoms with Crippen LogP contribution in [0.1, 0.15) is 5.69 Å². The lowest BCUT2D eigenvalue weighted by atomic mass is 10.2. The van der Waals surface area contributed by atoms with Gasteiger partial charge < -0.3 is 9.64 Å². The van der Waals surface area contributed by atoms with Crippen molar-refractivity contribution < 1.29 is 9.13 Å². The highest BCUT2D eigenvalue weighted by atomic mass is 19.1. The van der Waals surface area contributed by atoms with E-state index in [-0.39, 0.29) is 12.6 Å². The zero-order valence-electron chi connectivity index (χ0n) is 8.85. The molecule has 2 unspecified atom stereocenters. The minimum Gasteiger partial charge on any atom is -0.376 e.